The van der Waals surface area contributed by atoms with Gasteiger partial charge in [0.05, 0.1) is 22.1 Å². The van der Waals surface area contributed by atoms with Crippen LogP contribution in [0.5, 0.6) is 0 Å². The van der Waals surface area contributed by atoms with E-state index in [-0.39, 0.29) is 0 Å². The first-order valence-electron chi connectivity index (χ1n) is 15.9. The lowest BCUT2D eigenvalue weighted by Crippen LogP contribution is -2.67. The van der Waals surface area contributed by atoms with Crippen molar-refractivity contribution in [3.05, 3.63) is 223 Å². The number of benzene rings is 6. The third-order valence-corrected chi connectivity index (χ3v) is 9.35. The van der Waals surface area contributed by atoms with Gasteiger partial charge >= 0.3 is 0 Å². The van der Waals surface area contributed by atoms with E-state index in [2.05, 4.69) is 146 Å². The smallest absolute Gasteiger partial charge is 0.0838 e. The zero-order valence-electron chi connectivity index (χ0n) is 25.3. The van der Waals surface area contributed by atoms with Crippen LogP contribution in [0.3, 0.4) is 0 Å². The third kappa shape index (κ3) is 4.34. The molecule has 0 bridgehead atoms. The standard InChI is InChI=1S/C44H30N2/c1-3-19-33(20-4-1)45-43-41(39-35-23-11-7-15-29(35)27-30-16-8-12-24-36(30)39)44(46-34-21-5-2-6-22-34)42(43)40-37-25-13-9-17-31(37)28-32-18-10-14-26-38(32)40/h1-26H,27-28H2. The number of hydrogen-bond donors (Lipinski definition) is 0. The first-order chi connectivity index (χ1) is 22.8. The summed E-state index contributed by atoms with van der Waals surface area (Å²) in [6, 6.07) is 56.1. The lowest BCUT2D eigenvalue weighted by molar-refractivity contribution is 1.06. The SMILES string of the molecule is c1ccc(N=c2c(=C3c4ccccc4Cc4ccccc43)c(=Nc3ccccc3)c2=C2c3ccccc3Cc3ccccc32)cc1. The molecule has 0 atom stereocenters. The minimum absolute atomic E-state index is 0.911. The Morgan fingerprint density at radius 2 is 0.587 bits per heavy atom. The molecule has 0 heterocycles. The van der Waals surface area contributed by atoms with Gasteiger partial charge in [0.25, 0.3) is 0 Å². The summed E-state index contributed by atoms with van der Waals surface area (Å²) in [7, 11) is 0. The van der Waals surface area contributed by atoms with Crippen molar-refractivity contribution in [3.8, 4) is 0 Å². The van der Waals surface area contributed by atoms with E-state index >= 15 is 0 Å². The summed E-state index contributed by atoms with van der Waals surface area (Å²) in [4.78, 5) is 11.0. The molecule has 0 radical (unpaired) electrons. The Balaban J connectivity index is 1.57. The summed E-state index contributed by atoms with van der Waals surface area (Å²) in [6.07, 6.45) is 1.82. The molecule has 2 aliphatic rings. The van der Waals surface area contributed by atoms with Crippen LogP contribution in [0.4, 0.5) is 11.4 Å². The van der Waals surface area contributed by atoms with Gasteiger partial charge in [-0.15, -0.1) is 0 Å². The summed E-state index contributed by atoms with van der Waals surface area (Å²) in [5.74, 6) is 0. The van der Waals surface area contributed by atoms with Gasteiger partial charge in [0.1, 0.15) is 0 Å². The van der Waals surface area contributed by atoms with Crippen molar-refractivity contribution >= 4 is 22.5 Å². The van der Waals surface area contributed by atoms with Crippen LogP contribution < -0.4 is 21.2 Å². The molecule has 2 aliphatic carbocycles. The highest BCUT2D eigenvalue weighted by Crippen LogP contribution is 2.35. The molecule has 7 aromatic rings. The normalized spacial score (nSPS) is 13.0. The molecule has 2 nitrogen and oxygen atoms in total. The summed E-state index contributed by atoms with van der Waals surface area (Å²) in [5.41, 5.74) is 14.6. The number of para-hydroxylation sites is 2. The summed E-state index contributed by atoms with van der Waals surface area (Å²) >= 11 is 0. The van der Waals surface area contributed by atoms with Crippen molar-refractivity contribution in [1.29, 1.82) is 0 Å². The highest BCUT2D eigenvalue weighted by molar-refractivity contribution is 5.88. The highest BCUT2D eigenvalue weighted by atomic mass is 14.8. The van der Waals surface area contributed by atoms with Crippen LogP contribution >= 0.6 is 0 Å². The van der Waals surface area contributed by atoms with Crippen LogP contribution in [0.2, 0.25) is 0 Å². The van der Waals surface area contributed by atoms with Gasteiger partial charge < -0.3 is 0 Å². The fraction of sp³-hybridized carbons (Fsp3) is 0.0455. The van der Waals surface area contributed by atoms with E-state index in [1.807, 2.05) is 12.1 Å². The minimum atomic E-state index is 0.911. The zero-order valence-corrected chi connectivity index (χ0v) is 25.3. The summed E-state index contributed by atoms with van der Waals surface area (Å²) in [6.45, 7) is 0. The molecular weight excluding hydrogens is 556 g/mol. The Hall–Kier alpha value is -5.86. The van der Waals surface area contributed by atoms with Crippen LogP contribution in [-0.4, -0.2) is 0 Å². The van der Waals surface area contributed by atoms with Gasteiger partial charge in [-0.3, -0.25) is 0 Å². The van der Waals surface area contributed by atoms with Crippen LogP contribution in [0.15, 0.2) is 168 Å². The van der Waals surface area contributed by atoms with Crippen LogP contribution in [0.1, 0.15) is 44.5 Å². The zero-order chi connectivity index (χ0) is 30.5. The lowest BCUT2D eigenvalue weighted by atomic mass is 9.78. The largest absolute Gasteiger partial charge is 0.248 e. The highest BCUT2D eigenvalue weighted by Gasteiger charge is 2.27. The van der Waals surface area contributed by atoms with Crippen LogP contribution in [-0.2, 0) is 12.8 Å². The molecule has 0 N–H and O–H groups in total. The molecule has 0 saturated heterocycles. The Kier molecular flexibility index (Phi) is 6.31. The van der Waals surface area contributed by atoms with Crippen molar-refractivity contribution in [2.45, 2.75) is 12.8 Å². The molecular formula is C44H30N2. The summed E-state index contributed by atoms with van der Waals surface area (Å²) in [5, 5.41) is 4.19. The molecule has 0 spiro atoms. The van der Waals surface area contributed by atoms with Crippen LogP contribution in [0.25, 0.3) is 11.1 Å². The van der Waals surface area contributed by atoms with E-state index in [9.17, 15) is 0 Å². The Bertz CT molecular complexity index is 2210. The second kappa shape index (κ2) is 10.9. The van der Waals surface area contributed by atoms with E-state index in [0.717, 1.165) is 45.4 Å². The lowest BCUT2D eigenvalue weighted by Gasteiger charge is -2.26. The van der Waals surface area contributed by atoms with Gasteiger partial charge in [0, 0.05) is 21.6 Å². The fourth-order valence-corrected chi connectivity index (χ4v) is 7.28. The molecule has 0 aromatic heterocycles. The maximum Gasteiger partial charge on any atom is 0.0838 e. The maximum absolute atomic E-state index is 5.48. The average Bonchev–Trinajstić information content (AvgIpc) is 3.11. The number of fused-ring (bicyclic) bond motifs is 4. The fourth-order valence-electron chi connectivity index (χ4n) is 7.28. The molecule has 0 aliphatic heterocycles. The minimum Gasteiger partial charge on any atom is -0.248 e. The second-order valence-electron chi connectivity index (χ2n) is 12.1. The molecule has 7 aromatic carbocycles. The Morgan fingerprint density at radius 1 is 0.304 bits per heavy atom. The predicted octanol–water partition coefficient (Wildman–Crippen LogP) is 7.33. The van der Waals surface area contributed by atoms with Gasteiger partial charge in [0.2, 0.25) is 0 Å². The van der Waals surface area contributed by atoms with Gasteiger partial charge in [-0.1, -0.05) is 133 Å². The van der Waals surface area contributed by atoms with Gasteiger partial charge in [0.15, 0.2) is 0 Å². The second-order valence-corrected chi connectivity index (χ2v) is 12.1. The van der Waals surface area contributed by atoms with E-state index in [0.29, 0.717) is 0 Å². The van der Waals surface area contributed by atoms with Crippen molar-refractivity contribution in [3.63, 3.8) is 0 Å². The quantitative estimate of drug-likeness (QED) is 0.203. The molecule has 0 saturated carbocycles. The van der Waals surface area contributed by atoms with Crippen molar-refractivity contribution < 1.29 is 0 Å². The number of rotatable bonds is 2. The third-order valence-electron chi connectivity index (χ3n) is 9.35. The number of nitrogens with zero attached hydrogens (tertiary/aromatic N) is 2. The van der Waals surface area contributed by atoms with Crippen molar-refractivity contribution in [2.75, 3.05) is 0 Å². The van der Waals surface area contributed by atoms with E-state index in [4.69, 9.17) is 9.98 Å². The maximum atomic E-state index is 5.48. The molecule has 2 heteroatoms. The van der Waals surface area contributed by atoms with Crippen molar-refractivity contribution in [2.24, 2.45) is 9.98 Å². The Labute approximate surface area is 268 Å². The number of hydrogen-bond acceptors (Lipinski definition) is 2. The van der Waals surface area contributed by atoms with Gasteiger partial charge in [-0.05, 0) is 81.6 Å². The Morgan fingerprint density at radius 3 is 0.913 bits per heavy atom. The van der Waals surface area contributed by atoms with Crippen LogP contribution in [0, 0.1) is 0 Å². The molecule has 216 valence electrons. The first kappa shape index (κ1) is 26.5. The topological polar surface area (TPSA) is 24.7 Å². The van der Waals surface area contributed by atoms with E-state index < -0.39 is 0 Å². The van der Waals surface area contributed by atoms with Gasteiger partial charge in [-0.25, -0.2) is 9.98 Å². The monoisotopic (exact) mass is 586 g/mol. The van der Waals surface area contributed by atoms with Crippen molar-refractivity contribution in [1.82, 2.24) is 0 Å². The first-order valence-corrected chi connectivity index (χ1v) is 15.9. The molecule has 0 fully saturated rings. The average molecular weight is 587 g/mol. The molecule has 46 heavy (non-hydrogen) atoms. The van der Waals surface area contributed by atoms with E-state index in [1.165, 1.54) is 55.7 Å². The van der Waals surface area contributed by atoms with E-state index in [1.54, 1.807) is 0 Å². The molecule has 0 unspecified atom stereocenters. The molecule has 0 amide bonds. The van der Waals surface area contributed by atoms with Gasteiger partial charge in [-0.2, -0.15) is 0 Å². The predicted molar refractivity (Wildman–Crippen MR) is 186 cm³/mol. The summed E-state index contributed by atoms with van der Waals surface area (Å²) < 4.78 is 0. The molecule has 9 rings (SSSR count).